The van der Waals surface area contributed by atoms with E-state index in [2.05, 4.69) is 17.9 Å². The van der Waals surface area contributed by atoms with E-state index >= 15 is 0 Å². The first-order chi connectivity index (χ1) is 10.2. The van der Waals surface area contributed by atoms with Crippen LogP contribution in [0, 0.1) is 12.8 Å². The summed E-state index contributed by atoms with van der Waals surface area (Å²) in [5.74, 6) is 2.59. The monoisotopic (exact) mass is 293 g/mol. The highest BCUT2D eigenvalue weighted by Gasteiger charge is 2.46. The molecule has 0 N–H and O–H groups in total. The molecule has 0 amide bonds. The lowest BCUT2D eigenvalue weighted by Gasteiger charge is -2.43. The van der Waals surface area contributed by atoms with Gasteiger partial charge in [0, 0.05) is 25.6 Å². The van der Waals surface area contributed by atoms with Gasteiger partial charge in [0.05, 0.1) is 25.4 Å². The van der Waals surface area contributed by atoms with Gasteiger partial charge in [0.2, 0.25) is 0 Å². The lowest BCUT2D eigenvalue weighted by atomic mass is 9.89. The number of hydrogen-bond acceptors (Lipinski definition) is 4. The summed E-state index contributed by atoms with van der Waals surface area (Å²) in [7, 11) is 0. The minimum Gasteiger partial charge on any atom is -0.465 e. The van der Waals surface area contributed by atoms with Crippen molar-refractivity contribution in [3.05, 3.63) is 23.7 Å². The maximum atomic E-state index is 6.26. The number of nitrogens with zero attached hydrogens (tertiary/aromatic N) is 1. The summed E-state index contributed by atoms with van der Waals surface area (Å²) in [5, 5.41) is 0. The maximum absolute atomic E-state index is 6.26. The molecule has 1 aromatic rings. The number of aryl methyl sites for hydroxylation is 1. The van der Waals surface area contributed by atoms with Crippen molar-refractivity contribution in [2.75, 3.05) is 32.9 Å². The van der Waals surface area contributed by atoms with Crippen molar-refractivity contribution in [1.82, 2.24) is 4.90 Å². The van der Waals surface area contributed by atoms with E-state index < -0.39 is 0 Å². The number of morpholine rings is 1. The summed E-state index contributed by atoms with van der Waals surface area (Å²) in [6, 6.07) is 4.13. The molecule has 1 saturated carbocycles. The van der Waals surface area contributed by atoms with E-state index in [4.69, 9.17) is 13.9 Å². The zero-order valence-corrected chi connectivity index (χ0v) is 13.3. The van der Waals surface area contributed by atoms with Gasteiger partial charge in [0.15, 0.2) is 0 Å². The summed E-state index contributed by atoms with van der Waals surface area (Å²) in [5.41, 5.74) is 0.00899. The lowest BCUT2D eigenvalue weighted by Crippen LogP contribution is -2.54. The molecule has 1 aliphatic carbocycles. The molecular weight excluding hydrogens is 266 g/mol. The summed E-state index contributed by atoms with van der Waals surface area (Å²) < 4.78 is 17.7. The van der Waals surface area contributed by atoms with Gasteiger partial charge in [0.1, 0.15) is 11.5 Å². The number of ether oxygens (including phenoxy) is 2. The van der Waals surface area contributed by atoms with Gasteiger partial charge < -0.3 is 13.9 Å². The van der Waals surface area contributed by atoms with Crippen molar-refractivity contribution < 1.29 is 13.9 Å². The van der Waals surface area contributed by atoms with Crippen LogP contribution >= 0.6 is 0 Å². The first-order valence-electron chi connectivity index (χ1n) is 8.21. The van der Waals surface area contributed by atoms with Gasteiger partial charge in [0.25, 0.3) is 0 Å². The van der Waals surface area contributed by atoms with Gasteiger partial charge in [-0.15, -0.1) is 0 Å². The minimum atomic E-state index is 0.00899. The smallest absolute Gasteiger partial charge is 0.118 e. The second kappa shape index (κ2) is 6.51. The fourth-order valence-corrected chi connectivity index (χ4v) is 3.82. The molecule has 2 aliphatic rings. The van der Waals surface area contributed by atoms with Gasteiger partial charge in [-0.25, -0.2) is 0 Å². The Morgan fingerprint density at radius 3 is 3.10 bits per heavy atom. The number of furan rings is 1. The van der Waals surface area contributed by atoms with Crippen molar-refractivity contribution in [2.24, 2.45) is 5.92 Å². The second-order valence-electron chi connectivity index (χ2n) is 6.38. The summed E-state index contributed by atoms with van der Waals surface area (Å²) in [4.78, 5) is 2.48. The van der Waals surface area contributed by atoms with Crippen LogP contribution < -0.4 is 0 Å². The standard InChI is InChI=1S/C17H27NO3/c1-3-19-12-15-5-4-8-17(15)13-18(9-10-20-17)11-16-7-6-14(2)21-16/h6-7,15H,3-5,8-13H2,1-2H3/t15-,17-/m1/s1. The first-order valence-corrected chi connectivity index (χ1v) is 8.21. The molecule has 21 heavy (non-hydrogen) atoms. The third-order valence-corrected chi connectivity index (χ3v) is 4.88. The Balaban J connectivity index is 1.64. The van der Waals surface area contributed by atoms with Gasteiger partial charge in [-0.05, 0) is 38.8 Å². The van der Waals surface area contributed by atoms with Crippen molar-refractivity contribution in [2.45, 2.75) is 45.3 Å². The SMILES string of the molecule is CCOC[C@H]1CCC[C@@]12CN(Cc1ccc(C)o1)CCO2. The minimum absolute atomic E-state index is 0.00899. The van der Waals surface area contributed by atoms with E-state index in [0.29, 0.717) is 5.92 Å². The number of rotatable bonds is 5. The first kappa shape index (κ1) is 15.1. The third kappa shape index (κ3) is 3.33. The van der Waals surface area contributed by atoms with Crippen molar-refractivity contribution in [3.8, 4) is 0 Å². The van der Waals surface area contributed by atoms with Gasteiger partial charge in [-0.1, -0.05) is 6.42 Å². The molecule has 1 spiro atoms. The molecule has 0 radical (unpaired) electrons. The van der Waals surface area contributed by atoms with Crippen molar-refractivity contribution >= 4 is 0 Å². The largest absolute Gasteiger partial charge is 0.465 e. The highest BCUT2D eigenvalue weighted by molar-refractivity contribution is 5.06. The highest BCUT2D eigenvalue weighted by atomic mass is 16.5. The molecule has 3 rings (SSSR count). The molecule has 0 bridgehead atoms. The molecule has 4 nitrogen and oxygen atoms in total. The van der Waals surface area contributed by atoms with Crippen molar-refractivity contribution in [3.63, 3.8) is 0 Å². The Kier molecular flexibility index (Phi) is 4.67. The Morgan fingerprint density at radius 2 is 2.33 bits per heavy atom. The predicted octanol–water partition coefficient (Wildman–Crippen LogP) is 3.00. The van der Waals surface area contributed by atoms with Crippen LogP contribution in [-0.2, 0) is 16.0 Å². The summed E-state index contributed by atoms with van der Waals surface area (Å²) in [6.07, 6.45) is 3.65. The van der Waals surface area contributed by atoms with Gasteiger partial charge in [-0.3, -0.25) is 4.90 Å². The Hall–Kier alpha value is -0.840. The van der Waals surface area contributed by atoms with E-state index in [1.54, 1.807) is 0 Å². The molecule has 2 atom stereocenters. The van der Waals surface area contributed by atoms with Crippen LogP contribution in [-0.4, -0.2) is 43.4 Å². The molecule has 4 heteroatoms. The predicted molar refractivity (Wildman–Crippen MR) is 81.2 cm³/mol. The molecule has 1 aliphatic heterocycles. The lowest BCUT2D eigenvalue weighted by molar-refractivity contribution is -0.143. The zero-order chi connectivity index (χ0) is 14.7. The Bertz CT molecular complexity index is 459. The van der Waals surface area contributed by atoms with Crippen LogP contribution in [0.25, 0.3) is 0 Å². The van der Waals surface area contributed by atoms with Gasteiger partial charge in [-0.2, -0.15) is 0 Å². The number of hydrogen-bond donors (Lipinski definition) is 0. The quantitative estimate of drug-likeness (QED) is 0.836. The molecule has 0 unspecified atom stereocenters. The highest BCUT2D eigenvalue weighted by Crippen LogP contribution is 2.41. The summed E-state index contributed by atoms with van der Waals surface area (Å²) >= 11 is 0. The average molecular weight is 293 g/mol. The molecular formula is C17H27NO3. The van der Waals surface area contributed by atoms with Crippen LogP contribution in [0.1, 0.15) is 37.7 Å². The molecule has 2 fully saturated rings. The Morgan fingerprint density at radius 1 is 1.43 bits per heavy atom. The maximum Gasteiger partial charge on any atom is 0.118 e. The van der Waals surface area contributed by atoms with Crippen molar-refractivity contribution in [1.29, 1.82) is 0 Å². The van der Waals surface area contributed by atoms with E-state index in [0.717, 1.165) is 51.0 Å². The summed E-state index contributed by atoms with van der Waals surface area (Å²) in [6.45, 7) is 9.40. The Labute approximate surface area is 127 Å². The van der Waals surface area contributed by atoms with Crippen LogP contribution in [0.5, 0.6) is 0 Å². The fourth-order valence-electron chi connectivity index (χ4n) is 3.82. The second-order valence-corrected chi connectivity index (χ2v) is 6.38. The van der Waals surface area contributed by atoms with Crippen LogP contribution in [0.3, 0.4) is 0 Å². The van der Waals surface area contributed by atoms with Crippen LogP contribution in [0.15, 0.2) is 16.5 Å². The topological polar surface area (TPSA) is 34.8 Å². The molecule has 1 saturated heterocycles. The third-order valence-electron chi connectivity index (χ3n) is 4.88. The normalized spacial score (nSPS) is 30.3. The van der Waals surface area contributed by atoms with Crippen LogP contribution in [0.4, 0.5) is 0 Å². The zero-order valence-electron chi connectivity index (χ0n) is 13.3. The van der Waals surface area contributed by atoms with E-state index in [9.17, 15) is 0 Å². The molecule has 118 valence electrons. The molecule has 2 heterocycles. The fraction of sp³-hybridized carbons (Fsp3) is 0.765. The molecule has 1 aromatic heterocycles. The van der Waals surface area contributed by atoms with E-state index in [1.165, 1.54) is 19.3 Å². The van der Waals surface area contributed by atoms with E-state index in [1.807, 2.05) is 13.0 Å². The van der Waals surface area contributed by atoms with Gasteiger partial charge >= 0.3 is 0 Å². The van der Waals surface area contributed by atoms with Crippen LogP contribution in [0.2, 0.25) is 0 Å². The average Bonchev–Trinajstić information content (AvgIpc) is 3.04. The molecule has 0 aromatic carbocycles. The van der Waals surface area contributed by atoms with E-state index in [-0.39, 0.29) is 5.60 Å².